The Morgan fingerprint density at radius 3 is 2.53 bits per heavy atom. The van der Waals surface area contributed by atoms with Gasteiger partial charge in [0, 0.05) is 17.7 Å². The van der Waals surface area contributed by atoms with Gasteiger partial charge in [-0.05, 0) is 89.3 Å². The van der Waals surface area contributed by atoms with Crippen molar-refractivity contribution in [3.63, 3.8) is 0 Å². The SMILES string of the molecule is CC[C@@H]1C[C@H](C)CC/C=C\[C@@H]2C[C@@]2(C(=O)NS(=O)(=O)C2(C)CC2)NC(=O)[C@@H]2C[C@@H](Oc3ncc(OC)c4ccc(F)cc34)CN2C(=O)[C@H]1NC(=O)OC(C)(C)C(F)F. The summed E-state index contributed by atoms with van der Waals surface area (Å²) >= 11 is 0. The standard InChI is InChI=1S/C40H52F3N5O9S/c1-7-23-16-22(2)10-8-9-11-24-19-40(24,36(51)47-58(53,54)39(5)14-15-39)46-32(49)29-18-26(56-33-28-17-25(41)12-13-27(28)30(55-6)20-44-33)21-48(29)34(50)31(23)45-37(52)57-38(3,4)35(42)43/h9,11-13,17,20,22-24,26,29,31,35H,7-8,10,14-16,18-19,21H2,1-6H3,(H,45,52)(H,46,49)(H,47,51)/b11-9-/t22-,23-,24-,26-,29+,31+,40-/m1/s1. The second-order valence-electron chi connectivity index (χ2n) is 16.9. The maximum Gasteiger partial charge on any atom is 0.408 e. The number of ether oxygens (including phenoxy) is 3. The highest BCUT2D eigenvalue weighted by Gasteiger charge is 2.63. The number of aromatic nitrogens is 1. The lowest BCUT2D eigenvalue weighted by Crippen LogP contribution is -2.59. The van der Waals surface area contributed by atoms with E-state index in [9.17, 15) is 40.8 Å². The van der Waals surface area contributed by atoms with Gasteiger partial charge in [0.2, 0.25) is 27.7 Å². The van der Waals surface area contributed by atoms with Crippen molar-refractivity contribution in [1.82, 2.24) is 25.2 Å². The van der Waals surface area contributed by atoms with Crippen molar-refractivity contribution in [2.24, 2.45) is 17.8 Å². The summed E-state index contributed by atoms with van der Waals surface area (Å²) in [5, 5.41) is 6.09. The molecule has 14 nitrogen and oxygen atoms in total. The summed E-state index contributed by atoms with van der Waals surface area (Å²) in [6.07, 6.45) is 2.58. The molecule has 18 heteroatoms. The van der Waals surface area contributed by atoms with Crippen LogP contribution in [0, 0.1) is 23.6 Å². The first-order valence-electron chi connectivity index (χ1n) is 19.7. The van der Waals surface area contributed by atoms with E-state index in [1.807, 2.05) is 19.9 Å². The number of sulfonamides is 1. The molecule has 2 aliphatic carbocycles. The Bertz CT molecular complexity index is 2080. The third-order valence-corrected chi connectivity index (χ3v) is 14.2. The molecule has 58 heavy (non-hydrogen) atoms. The van der Waals surface area contributed by atoms with Gasteiger partial charge in [0.25, 0.3) is 12.3 Å². The van der Waals surface area contributed by atoms with Gasteiger partial charge in [-0.1, -0.05) is 32.4 Å². The number of pyridine rings is 1. The Balaban J connectivity index is 1.38. The van der Waals surface area contributed by atoms with Crippen LogP contribution >= 0.6 is 0 Å². The highest BCUT2D eigenvalue weighted by molar-refractivity contribution is 7.91. The molecule has 3 heterocycles. The predicted octanol–water partition coefficient (Wildman–Crippen LogP) is 5.15. The average Bonchev–Trinajstić information content (AvgIpc) is 4.04. The largest absolute Gasteiger partial charge is 0.494 e. The number of carbonyl (C=O) groups excluding carboxylic acids is 4. The second-order valence-corrected chi connectivity index (χ2v) is 19.1. The highest BCUT2D eigenvalue weighted by Crippen LogP contribution is 2.48. The smallest absolute Gasteiger partial charge is 0.408 e. The summed E-state index contributed by atoms with van der Waals surface area (Å²) in [6, 6.07) is 1.29. The minimum Gasteiger partial charge on any atom is -0.494 e. The number of methoxy groups -OCH3 is 1. The minimum atomic E-state index is -4.08. The molecule has 6 rings (SSSR count). The first kappa shape index (κ1) is 43.0. The van der Waals surface area contributed by atoms with Gasteiger partial charge >= 0.3 is 6.09 Å². The van der Waals surface area contributed by atoms with Crippen LogP contribution in [0.2, 0.25) is 0 Å². The number of benzene rings is 1. The number of alkyl halides is 2. The van der Waals surface area contributed by atoms with E-state index in [0.29, 0.717) is 49.7 Å². The number of rotatable bonds is 10. The maximum atomic E-state index is 14.9. The van der Waals surface area contributed by atoms with Gasteiger partial charge in [-0.25, -0.2) is 31.4 Å². The lowest BCUT2D eigenvalue weighted by atomic mass is 9.85. The zero-order valence-electron chi connectivity index (χ0n) is 33.5. The normalized spacial score (nSPS) is 29.2. The molecule has 4 amide bonds. The van der Waals surface area contributed by atoms with E-state index in [0.717, 1.165) is 13.8 Å². The molecule has 1 saturated heterocycles. The van der Waals surface area contributed by atoms with Crippen molar-refractivity contribution in [2.45, 2.75) is 126 Å². The lowest BCUT2D eigenvalue weighted by molar-refractivity contribution is -0.142. The molecule has 4 aliphatic rings. The summed E-state index contributed by atoms with van der Waals surface area (Å²) in [5.41, 5.74) is -3.83. The van der Waals surface area contributed by atoms with Crippen LogP contribution in [-0.4, -0.2) is 96.3 Å². The van der Waals surface area contributed by atoms with Gasteiger partial charge in [0.1, 0.15) is 35.3 Å². The molecule has 7 atom stereocenters. The van der Waals surface area contributed by atoms with Crippen molar-refractivity contribution in [3.8, 4) is 11.6 Å². The number of hydrogen-bond acceptors (Lipinski definition) is 10. The van der Waals surface area contributed by atoms with Crippen LogP contribution in [0.3, 0.4) is 0 Å². The average molecular weight is 836 g/mol. The van der Waals surface area contributed by atoms with Crippen LogP contribution < -0.4 is 24.8 Å². The molecule has 318 valence electrons. The number of fused-ring (bicyclic) bond motifs is 3. The van der Waals surface area contributed by atoms with Crippen LogP contribution in [0.5, 0.6) is 11.6 Å². The van der Waals surface area contributed by atoms with Gasteiger partial charge < -0.3 is 29.7 Å². The number of carbonyl (C=O) groups is 4. The van der Waals surface area contributed by atoms with E-state index < -0.39 is 92.0 Å². The van der Waals surface area contributed by atoms with Crippen molar-refractivity contribution in [1.29, 1.82) is 0 Å². The van der Waals surface area contributed by atoms with E-state index in [4.69, 9.17) is 14.2 Å². The topological polar surface area (TPSA) is 182 Å². The van der Waals surface area contributed by atoms with E-state index in [1.165, 1.54) is 43.3 Å². The van der Waals surface area contributed by atoms with E-state index in [2.05, 4.69) is 20.3 Å². The molecule has 1 aromatic carbocycles. The summed E-state index contributed by atoms with van der Waals surface area (Å²) in [6.45, 7) is 7.19. The highest BCUT2D eigenvalue weighted by atomic mass is 32.2. The number of halogens is 3. The zero-order valence-corrected chi connectivity index (χ0v) is 34.3. The number of alkyl carbamates (subject to hydrolysis) is 1. The number of nitrogens with one attached hydrogen (secondary N) is 3. The first-order chi connectivity index (χ1) is 27.2. The molecular formula is C40H52F3N5O9S. The number of amides is 4. The molecule has 2 aromatic rings. The van der Waals surface area contributed by atoms with Crippen molar-refractivity contribution in [2.75, 3.05) is 13.7 Å². The Morgan fingerprint density at radius 1 is 1.16 bits per heavy atom. The molecule has 3 fully saturated rings. The van der Waals surface area contributed by atoms with Crippen molar-refractivity contribution >= 4 is 44.6 Å². The van der Waals surface area contributed by atoms with Crippen LogP contribution in [0.1, 0.15) is 86.0 Å². The van der Waals surface area contributed by atoms with Crippen LogP contribution in [-0.2, 0) is 29.1 Å². The van der Waals surface area contributed by atoms with Crippen LogP contribution in [0.15, 0.2) is 36.5 Å². The Labute approximate surface area is 336 Å². The van der Waals surface area contributed by atoms with Gasteiger partial charge in [0.15, 0.2) is 5.60 Å². The van der Waals surface area contributed by atoms with Gasteiger partial charge in [-0.15, -0.1) is 0 Å². The fourth-order valence-corrected chi connectivity index (χ4v) is 9.15. The van der Waals surface area contributed by atoms with Crippen molar-refractivity contribution < 1.29 is 55.0 Å². The van der Waals surface area contributed by atoms with Gasteiger partial charge in [-0.2, -0.15) is 0 Å². The molecule has 0 bridgehead atoms. The third-order valence-electron chi connectivity index (χ3n) is 12.0. The van der Waals surface area contributed by atoms with E-state index in [1.54, 1.807) is 6.08 Å². The Kier molecular flexibility index (Phi) is 12.0. The lowest BCUT2D eigenvalue weighted by Gasteiger charge is -2.34. The zero-order chi connectivity index (χ0) is 42.4. The number of hydrogen-bond donors (Lipinski definition) is 3. The predicted molar refractivity (Wildman–Crippen MR) is 206 cm³/mol. The number of allylic oxidation sites excluding steroid dienone is 1. The molecule has 2 saturated carbocycles. The molecule has 0 radical (unpaired) electrons. The monoisotopic (exact) mass is 835 g/mol. The van der Waals surface area contributed by atoms with Gasteiger partial charge in [-0.3, -0.25) is 19.1 Å². The third kappa shape index (κ3) is 8.71. The molecule has 0 unspecified atom stereocenters. The van der Waals surface area contributed by atoms with Crippen LogP contribution in [0.25, 0.3) is 10.8 Å². The maximum absolute atomic E-state index is 14.9. The van der Waals surface area contributed by atoms with Gasteiger partial charge in [0.05, 0.1) is 30.0 Å². The molecule has 1 aromatic heterocycles. The van der Waals surface area contributed by atoms with Crippen molar-refractivity contribution in [3.05, 3.63) is 42.4 Å². The quantitative estimate of drug-likeness (QED) is 0.271. The molecule has 3 N–H and O–H groups in total. The summed E-state index contributed by atoms with van der Waals surface area (Å²) in [4.78, 5) is 62.2. The molecular weight excluding hydrogens is 784 g/mol. The first-order valence-corrected chi connectivity index (χ1v) is 21.1. The fraction of sp³-hybridized carbons (Fsp3) is 0.625. The minimum absolute atomic E-state index is 0.00192. The summed E-state index contributed by atoms with van der Waals surface area (Å²) in [7, 11) is -2.65. The number of nitrogens with zero attached hydrogens (tertiary/aromatic N) is 2. The van der Waals surface area contributed by atoms with E-state index >= 15 is 0 Å². The Hall–Kier alpha value is -4.61. The fourth-order valence-electron chi connectivity index (χ4n) is 7.83. The van der Waals surface area contributed by atoms with E-state index in [-0.39, 0.29) is 36.6 Å². The Morgan fingerprint density at radius 2 is 1.88 bits per heavy atom. The molecule has 2 aliphatic heterocycles. The van der Waals surface area contributed by atoms with Crippen LogP contribution in [0.4, 0.5) is 18.0 Å². The summed E-state index contributed by atoms with van der Waals surface area (Å²) in [5.74, 6) is -3.71. The molecule has 0 spiro atoms. The second kappa shape index (κ2) is 16.2. The summed E-state index contributed by atoms with van der Waals surface area (Å²) < 4.78 is 86.4.